The monoisotopic (exact) mass is 313 g/mol. The fourth-order valence-corrected chi connectivity index (χ4v) is 2.20. The smallest absolute Gasteiger partial charge is 0.258 e. The molecule has 1 amide bonds. The fraction of sp³-hybridized carbons (Fsp3) is 0.316. The number of hydrogen-bond donors (Lipinski definition) is 1. The van der Waals surface area contributed by atoms with Gasteiger partial charge in [-0.05, 0) is 49.7 Å². The van der Waals surface area contributed by atoms with Crippen molar-refractivity contribution in [1.82, 2.24) is 5.32 Å². The molecular weight excluding hydrogens is 290 g/mol. The maximum Gasteiger partial charge on any atom is 0.258 e. The van der Waals surface area contributed by atoms with Crippen LogP contribution in [-0.2, 0) is 4.79 Å². The van der Waals surface area contributed by atoms with Crippen molar-refractivity contribution >= 4 is 5.91 Å². The summed E-state index contributed by atoms with van der Waals surface area (Å²) in [6.45, 7) is 4.11. The Balaban J connectivity index is 1.80. The van der Waals surface area contributed by atoms with Crippen molar-refractivity contribution in [2.45, 2.75) is 32.7 Å². The molecule has 0 spiro atoms. The molecule has 0 saturated carbocycles. The Hall–Kier alpha value is -2.49. The standard InChI is InChI=1S/C19H23NO3/c1-3-7-15(2)20-19(21)14-22-16-10-12-18(13-11-16)23-17-8-5-4-6-9-17/h4-6,8-13,15H,3,7,14H2,1-2H3,(H,20,21)/t15-/m1/s1. The third-order valence-corrected chi connectivity index (χ3v) is 3.30. The zero-order chi connectivity index (χ0) is 16.5. The molecule has 0 bridgehead atoms. The van der Waals surface area contributed by atoms with Crippen LogP contribution in [0.2, 0.25) is 0 Å². The van der Waals surface area contributed by atoms with Crippen LogP contribution in [0.1, 0.15) is 26.7 Å². The average Bonchev–Trinajstić information content (AvgIpc) is 2.55. The van der Waals surface area contributed by atoms with Gasteiger partial charge in [0.25, 0.3) is 5.91 Å². The van der Waals surface area contributed by atoms with E-state index < -0.39 is 0 Å². The number of para-hydroxylation sites is 1. The lowest BCUT2D eigenvalue weighted by molar-refractivity contribution is -0.123. The topological polar surface area (TPSA) is 47.6 Å². The van der Waals surface area contributed by atoms with E-state index in [9.17, 15) is 4.79 Å². The third-order valence-electron chi connectivity index (χ3n) is 3.30. The van der Waals surface area contributed by atoms with E-state index in [0.717, 1.165) is 24.3 Å². The van der Waals surface area contributed by atoms with Crippen molar-refractivity contribution in [2.75, 3.05) is 6.61 Å². The molecule has 2 rings (SSSR count). The molecule has 2 aromatic carbocycles. The second-order valence-corrected chi connectivity index (χ2v) is 5.43. The highest BCUT2D eigenvalue weighted by Gasteiger charge is 2.07. The summed E-state index contributed by atoms with van der Waals surface area (Å²) in [5.74, 6) is 2.05. The predicted octanol–water partition coefficient (Wildman–Crippen LogP) is 4.16. The molecule has 122 valence electrons. The molecule has 1 atom stereocenters. The molecule has 0 aliphatic heterocycles. The lowest BCUT2D eigenvalue weighted by atomic mass is 10.2. The second-order valence-electron chi connectivity index (χ2n) is 5.43. The number of amides is 1. The Morgan fingerprint density at radius 3 is 2.26 bits per heavy atom. The molecule has 0 aliphatic rings. The Kier molecular flexibility index (Phi) is 6.48. The van der Waals surface area contributed by atoms with E-state index in [1.807, 2.05) is 49.4 Å². The van der Waals surface area contributed by atoms with Gasteiger partial charge in [0.05, 0.1) is 0 Å². The van der Waals surface area contributed by atoms with Crippen LogP contribution in [0.3, 0.4) is 0 Å². The summed E-state index contributed by atoms with van der Waals surface area (Å²) < 4.78 is 11.2. The summed E-state index contributed by atoms with van der Waals surface area (Å²) in [5, 5.41) is 2.91. The average molecular weight is 313 g/mol. The first-order chi connectivity index (χ1) is 11.2. The minimum atomic E-state index is -0.101. The lowest BCUT2D eigenvalue weighted by Gasteiger charge is -2.13. The molecule has 1 N–H and O–H groups in total. The van der Waals surface area contributed by atoms with E-state index in [1.165, 1.54) is 0 Å². The predicted molar refractivity (Wildman–Crippen MR) is 91.0 cm³/mol. The van der Waals surface area contributed by atoms with E-state index in [1.54, 1.807) is 12.1 Å². The van der Waals surface area contributed by atoms with Gasteiger partial charge in [-0.15, -0.1) is 0 Å². The second kappa shape index (κ2) is 8.83. The first kappa shape index (κ1) is 16.9. The van der Waals surface area contributed by atoms with Gasteiger partial charge in [0, 0.05) is 6.04 Å². The van der Waals surface area contributed by atoms with Gasteiger partial charge in [-0.3, -0.25) is 4.79 Å². The number of ether oxygens (including phenoxy) is 2. The number of nitrogens with one attached hydrogen (secondary N) is 1. The molecule has 0 aromatic heterocycles. The molecular formula is C19H23NO3. The van der Waals surface area contributed by atoms with Crippen LogP contribution in [0, 0.1) is 0 Å². The van der Waals surface area contributed by atoms with Crippen LogP contribution in [-0.4, -0.2) is 18.6 Å². The van der Waals surface area contributed by atoms with Gasteiger partial charge in [-0.1, -0.05) is 31.5 Å². The quantitative estimate of drug-likeness (QED) is 0.796. The third kappa shape index (κ3) is 6.02. The van der Waals surface area contributed by atoms with E-state index in [-0.39, 0.29) is 18.6 Å². The van der Waals surface area contributed by atoms with Crippen molar-refractivity contribution in [3.8, 4) is 17.2 Å². The Morgan fingerprint density at radius 2 is 1.61 bits per heavy atom. The Labute approximate surface area is 137 Å². The van der Waals surface area contributed by atoms with E-state index in [4.69, 9.17) is 9.47 Å². The zero-order valence-electron chi connectivity index (χ0n) is 13.6. The van der Waals surface area contributed by atoms with Crippen LogP contribution in [0.4, 0.5) is 0 Å². The van der Waals surface area contributed by atoms with E-state index >= 15 is 0 Å². The Bertz CT molecular complexity index is 596. The van der Waals surface area contributed by atoms with Crippen LogP contribution < -0.4 is 14.8 Å². The zero-order valence-corrected chi connectivity index (χ0v) is 13.6. The van der Waals surface area contributed by atoms with Crippen molar-refractivity contribution in [3.63, 3.8) is 0 Å². The van der Waals surface area contributed by atoms with Crippen LogP contribution in [0.15, 0.2) is 54.6 Å². The molecule has 2 aromatic rings. The van der Waals surface area contributed by atoms with Crippen molar-refractivity contribution in [3.05, 3.63) is 54.6 Å². The minimum Gasteiger partial charge on any atom is -0.484 e. The molecule has 0 aliphatic carbocycles. The minimum absolute atomic E-state index is 0.0208. The molecule has 23 heavy (non-hydrogen) atoms. The molecule has 0 heterocycles. The maximum atomic E-state index is 11.7. The van der Waals surface area contributed by atoms with Gasteiger partial charge in [0.1, 0.15) is 17.2 Å². The normalized spacial score (nSPS) is 11.6. The molecule has 0 radical (unpaired) electrons. The Morgan fingerprint density at radius 1 is 1.00 bits per heavy atom. The number of carbonyl (C=O) groups excluding carboxylic acids is 1. The SMILES string of the molecule is CCC[C@@H](C)NC(=O)COc1ccc(Oc2ccccc2)cc1. The van der Waals surface area contributed by atoms with Crippen LogP contribution >= 0.6 is 0 Å². The van der Waals surface area contributed by atoms with Gasteiger partial charge in [0.15, 0.2) is 6.61 Å². The maximum absolute atomic E-state index is 11.7. The van der Waals surface area contributed by atoms with Crippen molar-refractivity contribution in [2.24, 2.45) is 0 Å². The molecule has 0 saturated heterocycles. The van der Waals surface area contributed by atoms with Crippen molar-refractivity contribution < 1.29 is 14.3 Å². The number of benzene rings is 2. The first-order valence-corrected chi connectivity index (χ1v) is 7.92. The van der Waals surface area contributed by atoms with Crippen molar-refractivity contribution in [1.29, 1.82) is 0 Å². The summed E-state index contributed by atoms with van der Waals surface area (Å²) >= 11 is 0. The summed E-state index contributed by atoms with van der Waals surface area (Å²) in [6, 6.07) is 17.0. The van der Waals surface area contributed by atoms with E-state index in [2.05, 4.69) is 12.2 Å². The summed E-state index contributed by atoms with van der Waals surface area (Å²) in [6.07, 6.45) is 2.02. The van der Waals surface area contributed by atoms with Crippen LogP contribution in [0.5, 0.6) is 17.2 Å². The molecule has 4 heteroatoms. The summed E-state index contributed by atoms with van der Waals surface area (Å²) in [5.41, 5.74) is 0. The highest BCUT2D eigenvalue weighted by atomic mass is 16.5. The van der Waals surface area contributed by atoms with Gasteiger partial charge < -0.3 is 14.8 Å². The molecule has 0 fully saturated rings. The highest BCUT2D eigenvalue weighted by Crippen LogP contribution is 2.23. The van der Waals surface area contributed by atoms with Gasteiger partial charge in [0.2, 0.25) is 0 Å². The highest BCUT2D eigenvalue weighted by molar-refractivity contribution is 5.77. The number of carbonyl (C=O) groups is 1. The lowest BCUT2D eigenvalue weighted by Crippen LogP contribution is -2.35. The van der Waals surface area contributed by atoms with Gasteiger partial charge >= 0.3 is 0 Å². The molecule has 0 unspecified atom stereocenters. The van der Waals surface area contributed by atoms with Crippen LogP contribution in [0.25, 0.3) is 0 Å². The number of hydrogen-bond acceptors (Lipinski definition) is 3. The first-order valence-electron chi connectivity index (χ1n) is 7.92. The summed E-state index contributed by atoms with van der Waals surface area (Å²) in [4.78, 5) is 11.7. The van der Waals surface area contributed by atoms with E-state index in [0.29, 0.717) is 5.75 Å². The van der Waals surface area contributed by atoms with Gasteiger partial charge in [-0.25, -0.2) is 0 Å². The summed E-state index contributed by atoms with van der Waals surface area (Å²) in [7, 11) is 0. The number of rotatable bonds is 8. The van der Waals surface area contributed by atoms with Gasteiger partial charge in [-0.2, -0.15) is 0 Å². The fourth-order valence-electron chi connectivity index (χ4n) is 2.20. The largest absolute Gasteiger partial charge is 0.484 e. The molecule has 4 nitrogen and oxygen atoms in total.